The lowest BCUT2D eigenvalue weighted by atomic mass is 10.1. The molecule has 1 aliphatic rings. The minimum Gasteiger partial charge on any atom is -0.472 e. The van der Waals surface area contributed by atoms with E-state index in [2.05, 4.69) is 5.10 Å². The van der Waals surface area contributed by atoms with E-state index in [1.165, 1.54) is 5.01 Å². The Morgan fingerprint density at radius 2 is 2.17 bits per heavy atom. The lowest BCUT2D eigenvalue weighted by molar-refractivity contribution is -0.133. The number of carbonyl (C=O) groups excluding carboxylic acids is 1. The molecule has 2 heterocycles. The normalized spacial score (nSPS) is 15.6. The molecule has 18 heavy (non-hydrogen) atoms. The van der Waals surface area contributed by atoms with Crippen LogP contribution in [0.5, 0.6) is 0 Å². The summed E-state index contributed by atoms with van der Waals surface area (Å²) in [4.78, 5) is 11.9. The zero-order chi connectivity index (χ0) is 13.0. The van der Waals surface area contributed by atoms with Gasteiger partial charge in [0.1, 0.15) is 6.04 Å². The number of hydrogen-bond acceptors (Lipinski definition) is 5. The van der Waals surface area contributed by atoms with Crippen LogP contribution in [0.25, 0.3) is 0 Å². The highest BCUT2D eigenvalue weighted by Crippen LogP contribution is 2.18. The van der Waals surface area contributed by atoms with Crippen LogP contribution in [-0.2, 0) is 14.3 Å². The van der Waals surface area contributed by atoms with Crippen molar-refractivity contribution in [1.29, 1.82) is 0 Å². The SMILES string of the molecule is COCC(COC)N1N=C(c2ccoc2)CC1=O. The number of carbonyl (C=O) groups is 1. The van der Waals surface area contributed by atoms with Gasteiger partial charge in [-0.1, -0.05) is 0 Å². The molecule has 1 aromatic rings. The first kappa shape index (κ1) is 12.8. The van der Waals surface area contributed by atoms with Crippen molar-refractivity contribution in [2.24, 2.45) is 5.10 Å². The van der Waals surface area contributed by atoms with E-state index in [1.54, 1.807) is 32.8 Å². The van der Waals surface area contributed by atoms with E-state index in [0.717, 1.165) is 5.56 Å². The summed E-state index contributed by atoms with van der Waals surface area (Å²) in [6.45, 7) is 0.781. The zero-order valence-corrected chi connectivity index (χ0v) is 10.5. The summed E-state index contributed by atoms with van der Waals surface area (Å²) in [6.07, 6.45) is 3.42. The molecule has 0 fully saturated rings. The standard InChI is InChI=1S/C12H16N2O4/c1-16-7-10(8-17-2)14-12(15)5-11(13-14)9-3-4-18-6-9/h3-4,6,10H,5,7-8H2,1-2H3. The maximum atomic E-state index is 11.9. The summed E-state index contributed by atoms with van der Waals surface area (Å²) < 4.78 is 15.2. The van der Waals surface area contributed by atoms with Crippen LogP contribution in [0.1, 0.15) is 12.0 Å². The summed E-state index contributed by atoms with van der Waals surface area (Å²) in [5.74, 6) is -0.0506. The topological polar surface area (TPSA) is 64.3 Å². The van der Waals surface area contributed by atoms with Crippen LogP contribution in [0.4, 0.5) is 0 Å². The van der Waals surface area contributed by atoms with Gasteiger partial charge in [-0.3, -0.25) is 4.79 Å². The van der Waals surface area contributed by atoms with Gasteiger partial charge in [-0.15, -0.1) is 0 Å². The van der Waals surface area contributed by atoms with E-state index < -0.39 is 0 Å². The predicted octanol–water partition coefficient (Wildman–Crippen LogP) is 0.877. The third-order valence-electron chi connectivity index (χ3n) is 2.72. The summed E-state index contributed by atoms with van der Waals surface area (Å²) in [5.41, 5.74) is 1.55. The van der Waals surface area contributed by atoms with Crippen molar-refractivity contribution in [1.82, 2.24) is 5.01 Å². The predicted molar refractivity (Wildman–Crippen MR) is 64.2 cm³/mol. The average Bonchev–Trinajstić information content (AvgIpc) is 2.97. The molecule has 1 aliphatic heterocycles. The number of methoxy groups -OCH3 is 2. The summed E-state index contributed by atoms with van der Waals surface area (Å²) in [6, 6.07) is 1.59. The van der Waals surface area contributed by atoms with Gasteiger partial charge in [0.2, 0.25) is 5.91 Å². The molecular formula is C12H16N2O4. The van der Waals surface area contributed by atoms with Crippen LogP contribution in [0, 0.1) is 0 Å². The molecule has 0 N–H and O–H groups in total. The Kier molecular flexibility index (Phi) is 4.11. The number of rotatable bonds is 6. The lowest BCUT2D eigenvalue weighted by Gasteiger charge is -2.22. The number of hydrazone groups is 1. The van der Waals surface area contributed by atoms with E-state index in [0.29, 0.717) is 18.9 Å². The Labute approximate surface area is 105 Å². The highest BCUT2D eigenvalue weighted by molar-refractivity contribution is 6.13. The van der Waals surface area contributed by atoms with Crippen LogP contribution in [0.3, 0.4) is 0 Å². The second kappa shape index (κ2) is 5.79. The van der Waals surface area contributed by atoms with Gasteiger partial charge in [0.25, 0.3) is 0 Å². The van der Waals surface area contributed by atoms with Gasteiger partial charge in [-0.2, -0.15) is 5.10 Å². The van der Waals surface area contributed by atoms with Gasteiger partial charge in [0.05, 0.1) is 37.9 Å². The number of amides is 1. The van der Waals surface area contributed by atoms with Gasteiger partial charge < -0.3 is 13.9 Å². The van der Waals surface area contributed by atoms with Crippen molar-refractivity contribution in [3.63, 3.8) is 0 Å². The Morgan fingerprint density at radius 3 is 2.72 bits per heavy atom. The van der Waals surface area contributed by atoms with Crippen LogP contribution in [0.2, 0.25) is 0 Å². The van der Waals surface area contributed by atoms with Crippen LogP contribution in [0.15, 0.2) is 28.1 Å². The Hall–Kier alpha value is -1.66. The third-order valence-corrected chi connectivity index (χ3v) is 2.72. The highest BCUT2D eigenvalue weighted by Gasteiger charge is 2.31. The fraction of sp³-hybridized carbons (Fsp3) is 0.500. The zero-order valence-electron chi connectivity index (χ0n) is 10.5. The summed E-state index contributed by atoms with van der Waals surface area (Å²) in [5, 5.41) is 5.77. The number of furan rings is 1. The Morgan fingerprint density at radius 1 is 1.44 bits per heavy atom. The molecular weight excluding hydrogens is 236 g/mol. The molecule has 98 valence electrons. The quantitative estimate of drug-likeness (QED) is 0.753. The van der Waals surface area contributed by atoms with E-state index in [9.17, 15) is 4.79 Å². The van der Waals surface area contributed by atoms with Crippen molar-refractivity contribution >= 4 is 11.6 Å². The second-order valence-corrected chi connectivity index (χ2v) is 4.04. The summed E-state index contributed by atoms with van der Waals surface area (Å²) in [7, 11) is 3.17. The molecule has 0 aromatic carbocycles. The van der Waals surface area contributed by atoms with Crippen molar-refractivity contribution < 1.29 is 18.7 Å². The van der Waals surface area contributed by atoms with E-state index in [-0.39, 0.29) is 18.4 Å². The van der Waals surface area contributed by atoms with Crippen molar-refractivity contribution in [2.45, 2.75) is 12.5 Å². The van der Waals surface area contributed by atoms with Gasteiger partial charge in [-0.05, 0) is 6.07 Å². The molecule has 2 rings (SSSR count). The highest BCUT2D eigenvalue weighted by atomic mass is 16.5. The largest absolute Gasteiger partial charge is 0.472 e. The summed E-state index contributed by atoms with van der Waals surface area (Å²) >= 11 is 0. The Balaban J connectivity index is 2.14. The fourth-order valence-corrected chi connectivity index (χ4v) is 1.89. The average molecular weight is 252 g/mol. The van der Waals surface area contributed by atoms with Crippen molar-refractivity contribution in [3.8, 4) is 0 Å². The number of hydrogen-bond donors (Lipinski definition) is 0. The molecule has 0 spiro atoms. The first-order chi connectivity index (χ1) is 8.76. The smallest absolute Gasteiger partial charge is 0.249 e. The first-order valence-corrected chi connectivity index (χ1v) is 5.66. The molecule has 0 saturated carbocycles. The molecule has 0 atom stereocenters. The maximum absolute atomic E-state index is 11.9. The molecule has 0 radical (unpaired) electrons. The number of nitrogens with zero attached hydrogens (tertiary/aromatic N) is 2. The van der Waals surface area contributed by atoms with Crippen LogP contribution >= 0.6 is 0 Å². The maximum Gasteiger partial charge on any atom is 0.249 e. The molecule has 6 heteroatoms. The van der Waals surface area contributed by atoms with Gasteiger partial charge >= 0.3 is 0 Å². The molecule has 1 amide bonds. The molecule has 6 nitrogen and oxygen atoms in total. The van der Waals surface area contributed by atoms with Gasteiger partial charge in [0.15, 0.2) is 0 Å². The monoisotopic (exact) mass is 252 g/mol. The second-order valence-electron chi connectivity index (χ2n) is 4.04. The van der Waals surface area contributed by atoms with Crippen LogP contribution in [-0.4, -0.2) is 50.1 Å². The van der Waals surface area contributed by atoms with Gasteiger partial charge in [0, 0.05) is 19.8 Å². The van der Waals surface area contributed by atoms with E-state index in [1.807, 2.05) is 0 Å². The molecule has 0 unspecified atom stereocenters. The third kappa shape index (κ3) is 2.60. The van der Waals surface area contributed by atoms with Crippen molar-refractivity contribution in [3.05, 3.63) is 24.2 Å². The molecule has 0 bridgehead atoms. The molecule has 0 aliphatic carbocycles. The Bertz CT molecular complexity index is 421. The van der Waals surface area contributed by atoms with E-state index in [4.69, 9.17) is 13.9 Å². The minimum absolute atomic E-state index is 0.0506. The fourth-order valence-electron chi connectivity index (χ4n) is 1.89. The molecule has 0 saturated heterocycles. The first-order valence-electron chi connectivity index (χ1n) is 5.66. The minimum atomic E-state index is -0.197. The number of ether oxygens (including phenoxy) is 2. The van der Waals surface area contributed by atoms with Gasteiger partial charge in [-0.25, -0.2) is 5.01 Å². The molecule has 1 aromatic heterocycles. The van der Waals surface area contributed by atoms with Crippen LogP contribution < -0.4 is 0 Å². The van der Waals surface area contributed by atoms with Crippen molar-refractivity contribution in [2.75, 3.05) is 27.4 Å². The van der Waals surface area contributed by atoms with E-state index >= 15 is 0 Å². The lowest BCUT2D eigenvalue weighted by Crippen LogP contribution is -2.39.